The van der Waals surface area contributed by atoms with Crippen molar-refractivity contribution >= 4 is 25.6 Å². The van der Waals surface area contributed by atoms with Crippen molar-refractivity contribution in [2.45, 2.75) is 44.4 Å². The molecule has 0 unspecified atom stereocenters. The van der Waals surface area contributed by atoms with Gasteiger partial charge in [0.25, 0.3) is 15.0 Å². The van der Waals surface area contributed by atoms with E-state index in [0.717, 1.165) is 12.8 Å². The highest BCUT2D eigenvalue weighted by Crippen LogP contribution is 2.28. The van der Waals surface area contributed by atoms with E-state index in [-0.39, 0.29) is 16.5 Å². The van der Waals surface area contributed by atoms with Gasteiger partial charge in [0.2, 0.25) is 0 Å². The molecule has 1 heterocycles. The highest BCUT2D eigenvalue weighted by atomic mass is 35.7. The summed E-state index contributed by atoms with van der Waals surface area (Å²) in [6, 6.07) is 0. The minimum absolute atomic E-state index is 0.131. The van der Waals surface area contributed by atoms with Gasteiger partial charge in [-0.3, -0.25) is 9.89 Å². The lowest BCUT2D eigenvalue weighted by Gasteiger charge is -2.15. The summed E-state index contributed by atoms with van der Waals surface area (Å²) in [5.74, 6) is -0.575. The lowest BCUT2D eigenvalue weighted by molar-refractivity contribution is 0.0783. The Morgan fingerprint density at radius 1 is 1.45 bits per heavy atom. The molecule has 0 bridgehead atoms. The highest BCUT2D eigenvalue weighted by molar-refractivity contribution is 8.13. The maximum Gasteiger partial charge on any atom is 0.275 e. The summed E-state index contributed by atoms with van der Waals surface area (Å²) in [6.45, 7) is 6.15. The summed E-state index contributed by atoms with van der Waals surface area (Å²) in [5, 5.41) is 6.46. The van der Waals surface area contributed by atoms with E-state index < -0.39 is 15.0 Å². The van der Waals surface area contributed by atoms with Crippen LogP contribution in [0.4, 0.5) is 0 Å². The van der Waals surface area contributed by atoms with Crippen molar-refractivity contribution < 1.29 is 13.2 Å². The van der Waals surface area contributed by atoms with Gasteiger partial charge in [0, 0.05) is 24.3 Å². The normalized spacial score (nSPS) is 11.9. The van der Waals surface area contributed by atoms with E-state index in [4.69, 9.17) is 10.7 Å². The summed E-state index contributed by atoms with van der Waals surface area (Å²) < 4.78 is 23.4. The smallest absolute Gasteiger partial charge is 0.275 e. The number of nitrogens with zero attached hydrogens (tertiary/aromatic N) is 2. The number of aromatic amines is 1. The van der Waals surface area contributed by atoms with E-state index in [1.165, 1.54) is 4.90 Å². The monoisotopic (exact) mass is 321 g/mol. The van der Waals surface area contributed by atoms with Crippen LogP contribution in [-0.4, -0.2) is 43.0 Å². The molecular formula is C12H20ClN3O3S. The van der Waals surface area contributed by atoms with Gasteiger partial charge in [-0.2, -0.15) is 5.10 Å². The number of rotatable bonds is 6. The number of halogens is 1. The van der Waals surface area contributed by atoms with Crippen LogP contribution in [0.15, 0.2) is 4.90 Å². The molecule has 6 nitrogen and oxygen atoms in total. The van der Waals surface area contributed by atoms with Gasteiger partial charge in [-0.05, 0) is 12.3 Å². The number of hydrogen-bond acceptors (Lipinski definition) is 4. The Morgan fingerprint density at radius 2 is 2.05 bits per heavy atom. The van der Waals surface area contributed by atoms with Crippen LogP contribution in [0, 0.1) is 0 Å². The van der Waals surface area contributed by atoms with Gasteiger partial charge < -0.3 is 4.90 Å². The molecule has 1 rings (SSSR count). The first-order valence-electron chi connectivity index (χ1n) is 6.48. The van der Waals surface area contributed by atoms with E-state index in [1.807, 2.05) is 6.92 Å². The third kappa shape index (κ3) is 3.73. The lowest BCUT2D eigenvalue weighted by atomic mass is 10.1. The highest BCUT2D eigenvalue weighted by Gasteiger charge is 2.30. The first-order valence-corrected chi connectivity index (χ1v) is 8.79. The van der Waals surface area contributed by atoms with Crippen molar-refractivity contribution in [3.05, 3.63) is 11.4 Å². The number of carbonyl (C=O) groups excluding carboxylic acids is 1. The largest absolute Gasteiger partial charge is 0.340 e. The van der Waals surface area contributed by atoms with Gasteiger partial charge in [-0.25, -0.2) is 8.42 Å². The van der Waals surface area contributed by atoms with Crippen LogP contribution < -0.4 is 0 Å². The Kier molecular flexibility index (Phi) is 5.59. The van der Waals surface area contributed by atoms with Gasteiger partial charge in [0.15, 0.2) is 5.69 Å². The van der Waals surface area contributed by atoms with E-state index in [1.54, 1.807) is 20.9 Å². The predicted molar refractivity (Wildman–Crippen MR) is 77.6 cm³/mol. The molecule has 0 aliphatic heterocycles. The number of unbranched alkanes of at least 4 members (excludes halogenated alkanes) is 1. The number of H-pyrrole nitrogens is 1. The van der Waals surface area contributed by atoms with Crippen LogP contribution in [0.2, 0.25) is 0 Å². The molecule has 8 heteroatoms. The molecular weight excluding hydrogens is 302 g/mol. The number of nitrogens with one attached hydrogen (secondary N) is 1. The molecule has 1 amide bonds. The second-order valence-corrected chi connectivity index (χ2v) is 7.49. The van der Waals surface area contributed by atoms with Crippen molar-refractivity contribution in [2.75, 3.05) is 13.6 Å². The van der Waals surface area contributed by atoms with E-state index in [2.05, 4.69) is 10.2 Å². The fraction of sp³-hybridized carbons (Fsp3) is 0.667. The molecule has 1 N–H and O–H groups in total. The Labute approximate surface area is 123 Å². The van der Waals surface area contributed by atoms with E-state index >= 15 is 0 Å². The van der Waals surface area contributed by atoms with Crippen LogP contribution in [0.3, 0.4) is 0 Å². The molecule has 0 saturated carbocycles. The van der Waals surface area contributed by atoms with Crippen LogP contribution in [-0.2, 0) is 9.05 Å². The van der Waals surface area contributed by atoms with Gasteiger partial charge in [-0.1, -0.05) is 27.2 Å². The Bertz CT molecular complexity index is 581. The first kappa shape index (κ1) is 17.0. The summed E-state index contributed by atoms with van der Waals surface area (Å²) in [4.78, 5) is 13.5. The van der Waals surface area contributed by atoms with Crippen molar-refractivity contribution in [1.82, 2.24) is 15.1 Å². The number of amides is 1. The minimum atomic E-state index is -4.03. The standard InChI is InChI=1S/C12H20ClN3O3S/c1-5-6-7-16(4)12(17)10-11(20(13,18)19)9(8(2)3)14-15-10/h8H,5-7H2,1-4H3,(H,14,15). The van der Waals surface area contributed by atoms with Crippen molar-refractivity contribution in [3.8, 4) is 0 Å². The minimum Gasteiger partial charge on any atom is -0.340 e. The molecule has 0 saturated heterocycles. The second kappa shape index (κ2) is 6.58. The number of carbonyl (C=O) groups is 1. The first-order chi connectivity index (χ1) is 9.20. The molecule has 0 atom stereocenters. The van der Waals surface area contributed by atoms with Crippen LogP contribution in [0.1, 0.15) is 55.7 Å². The van der Waals surface area contributed by atoms with Crippen LogP contribution in [0.25, 0.3) is 0 Å². The molecule has 0 aliphatic carbocycles. The zero-order valence-electron chi connectivity index (χ0n) is 12.1. The van der Waals surface area contributed by atoms with Gasteiger partial charge in [0.05, 0.1) is 5.69 Å². The van der Waals surface area contributed by atoms with Gasteiger partial charge in [-0.15, -0.1) is 0 Å². The van der Waals surface area contributed by atoms with E-state index in [9.17, 15) is 13.2 Å². The summed E-state index contributed by atoms with van der Waals surface area (Å²) in [6.07, 6.45) is 1.78. The summed E-state index contributed by atoms with van der Waals surface area (Å²) in [5.41, 5.74) is 0.217. The Morgan fingerprint density at radius 3 is 2.50 bits per heavy atom. The SMILES string of the molecule is CCCCN(C)C(=O)c1n[nH]c(C(C)C)c1S(=O)(=O)Cl. The maximum absolute atomic E-state index is 12.3. The fourth-order valence-electron chi connectivity index (χ4n) is 1.81. The molecule has 1 aromatic rings. The molecule has 0 aromatic carbocycles. The summed E-state index contributed by atoms with van der Waals surface area (Å²) >= 11 is 0. The molecule has 0 fully saturated rings. The number of aromatic nitrogens is 2. The predicted octanol–water partition coefficient (Wildman–Crippen LogP) is 2.33. The topological polar surface area (TPSA) is 83.1 Å². The molecule has 0 aliphatic rings. The van der Waals surface area contributed by atoms with Gasteiger partial charge >= 0.3 is 0 Å². The second-order valence-electron chi connectivity index (χ2n) is 4.99. The van der Waals surface area contributed by atoms with Gasteiger partial charge in [0.1, 0.15) is 4.90 Å². The molecule has 20 heavy (non-hydrogen) atoms. The van der Waals surface area contributed by atoms with Crippen LogP contribution in [0.5, 0.6) is 0 Å². The Hall–Kier alpha value is -1.08. The third-order valence-electron chi connectivity index (χ3n) is 2.97. The average Bonchev–Trinajstić information content (AvgIpc) is 2.79. The average molecular weight is 322 g/mol. The third-order valence-corrected chi connectivity index (χ3v) is 4.33. The van der Waals surface area contributed by atoms with Crippen molar-refractivity contribution in [3.63, 3.8) is 0 Å². The molecule has 0 radical (unpaired) electrons. The molecule has 1 aromatic heterocycles. The summed E-state index contributed by atoms with van der Waals surface area (Å²) in [7, 11) is 3.03. The fourth-order valence-corrected chi connectivity index (χ4v) is 3.18. The Balaban J connectivity index is 3.23. The molecule has 114 valence electrons. The maximum atomic E-state index is 12.3. The quantitative estimate of drug-likeness (QED) is 0.815. The van der Waals surface area contributed by atoms with Crippen molar-refractivity contribution in [1.29, 1.82) is 0 Å². The number of hydrogen-bond donors (Lipinski definition) is 1. The van der Waals surface area contributed by atoms with Crippen molar-refractivity contribution in [2.24, 2.45) is 0 Å². The molecule has 0 spiro atoms. The lowest BCUT2D eigenvalue weighted by Crippen LogP contribution is -2.29. The van der Waals surface area contributed by atoms with Crippen LogP contribution >= 0.6 is 10.7 Å². The zero-order valence-corrected chi connectivity index (χ0v) is 13.7. The van der Waals surface area contributed by atoms with E-state index in [0.29, 0.717) is 12.2 Å². The zero-order chi connectivity index (χ0) is 15.5.